The molecule has 1 aromatic rings. The molecule has 0 aromatic heterocycles. The monoisotopic (exact) mass is 359 g/mol. The van der Waals surface area contributed by atoms with E-state index in [4.69, 9.17) is 4.74 Å². The van der Waals surface area contributed by atoms with Crippen LogP contribution in [-0.4, -0.2) is 55.6 Å². The highest BCUT2D eigenvalue weighted by atomic mass is 16.6. The first-order valence-electron chi connectivity index (χ1n) is 9.05. The van der Waals surface area contributed by atoms with Gasteiger partial charge in [-0.25, -0.2) is 4.79 Å². The minimum atomic E-state index is -0.363. The molecule has 7 nitrogen and oxygen atoms in total. The molecule has 1 unspecified atom stereocenters. The maximum Gasteiger partial charge on any atom is 0.409 e. The maximum absolute atomic E-state index is 12.3. The predicted octanol–water partition coefficient (Wildman–Crippen LogP) is 1.73. The average Bonchev–Trinajstić information content (AvgIpc) is 3.21. The number of carbonyl (C=O) groups excluding carboxylic acids is 3. The Kier molecular flexibility index (Phi) is 5.44. The fraction of sp³-hybridized carbons (Fsp3) is 0.526. The number of ether oxygens (including phenoxy) is 1. The summed E-state index contributed by atoms with van der Waals surface area (Å²) in [4.78, 5) is 39.2. The molecule has 1 aromatic carbocycles. The van der Waals surface area contributed by atoms with Crippen LogP contribution in [0.25, 0.3) is 0 Å². The fourth-order valence-electron chi connectivity index (χ4n) is 3.26. The third-order valence-corrected chi connectivity index (χ3v) is 4.89. The van der Waals surface area contributed by atoms with Crippen LogP contribution in [0, 0.1) is 5.92 Å². The van der Waals surface area contributed by atoms with Crippen LogP contribution >= 0.6 is 0 Å². The van der Waals surface area contributed by atoms with Crippen molar-refractivity contribution >= 4 is 23.6 Å². The highest BCUT2D eigenvalue weighted by Gasteiger charge is 2.35. The van der Waals surface area contributed by atoms with Gasteiger partial charge in [-0.1, -0.05) is 26.0 Å². The Hall–Kier alpha value is -2.57. The largest absolute Gasteiger partial charge is 0.448 e. The third-order valence-electron chi connectivity index (χ3n) is 4.89. The second-order valence-electron chi connectivity index (χ2n) is 7.04. The zero-order valence-corrected chi connectivity index (χ0v) is 15.2. The van der Waals surface area contributed by atoms with Crippen molar-refractivity contribution in [1.29, 1.82) is 0 Å². The van der Waals surface area contributed by atoms with E-state index < -0.39 is 0 Å². The van der Waals surface area contributed by atoms with Crippen LogP contribution in [0.3, 0.4) is 0 Å². The normalized spacial score (nSPS) is 20.0. The molecule has 1 N–H and O–H groups in total. The van der Waals surface area contributed by atoms with E-state index in [1.54, 1.807) is 9.80 Å². The zero-order chi connectivity index (χ0) is 18.7. The van der Waals surface area contributed by atoms with Gasteiger partial charge >= 0.3 is 6.09 Å². The van der Waals surface area contributed by atoms with Gasteiger partial charge < -0.3 is 19.9 Å². The summed E-state index contributed by atoms with van der Waals surface area (Å²) in [5.41, 5.74) is 2.05. The zero-order valence-electron chi connectivity index (χ0n) is 15.2. The molecule has 0 aliphatic carbocycles. The van der Waals surface area contributed by atoms with Gasteiger partial charge in [-0.15, -0.1) is 0 Å². The van der Waals surface area contributed by atoms with Gasteiger partial charge in [0, 0.05) is 31.7 Å². The van der Waals surface area contributed by atoms with Crippen molar-refractivity contribution in [3.8, 4) is 0 Å². The van der Waals surface area contributed by atoms with Gasteiger partial charge in [0.05, 0.1) is 12.5 Å². The minimum Gasteiger partial charge on any atom is -0.448 e. The first-order valence-corrected chi connectivity index (χ1v) is 9.05. The Morgan fingerprint density at radius 2 is 2.00 bits per heavy atom. The van der Waals surface area contributed by atoms with Crippen LogP contribution in [0.4, 0.5) is 10.5 Å². The number of hydrogen-bond acceptors (Lipinski definition) is 4. The van der Waals surface area contributed by atoms with Gasteiger partial charge in [0.2, 0.25) is 11.8 Å². The van der Waals surface area contributed by atoms with E-state index in [0.717, 1.165) is 5.69 Å². The number of carbonyl (C=O) groups is 3. The summed E-state index contributed by atoms with van der Waals surface area (Å²) in [6.45, 7) is 6.37. The first kappa shape index (κ1) is 18.2. The average molecular weight is 359 g/mol. The minimum absolute atomic E-state index is 0.0365. The van der Waals surface area contributed by atoms with Gasteiger partial charge in [0.1, 0.15) is 6.61 Å². The summed E-state index contributed by atoms with van der Waals surface area (Å²) in [6, 6.07) is 7.92. The molecule has 140 valence electrons. The van der Waals surface area contributed by atoms with Gasteiger partial charge in [-0.05, 0) is 23.6 Å². The maximum atomic E-state index is 12.3. The molecule has 0 saturated carbocycles. The van der Waals surface area contributed by atoms with Gasteiger partial charge in [-0.2, -0.15) is 0 Å². The molecule has 2 heterocycles. The number of benzene rings is 1. The summed E-state index contributed by atoms with van der Waals surface area (Å²) < 4.78 is 4.85. The highest BCUT2D eigenvalue weighted by Crippen LogP contribution is 2.26. The van der Waals surface area contributed by atoms with Crippen molar-refractivity contribution in [2.75, 3.05) is 37.7 Å². The summed E-state index contributed by atoms with van der Waals surface area (Å²) in [6.07, 6.45) is -0.130. The smallest absolute Gasteiger partial charge is 0.409 e. The first-order chi connectivity index (χ1) is 12.5. The topological polar surface area (TPSA) is 79.0 Å². The van der Waals surface area contributed by atoms with Gasteiger partial charge in [0.25, 0.3) is 0 Å². The number of hydrogen-bond donors (Lipinski definition) is 1. The van der Waals surface area contributed by atoms with Crippen LogP contribution < -0.4 is 10.2 Å². The Morgan fingerprint density at radius 1 is 1.27 bits per heavy atom. The summed E-state index contributed by atoms with van der Waals surface area (Å²) in [5.74, 6) is -0.111. The molecule has 2 aliphatic rings. The van der Waals surface area contributed by atoms with Crippen molar-refractivity contribution in [3.63, 3.8) is 0 Å². The van der Waals surface area contributed by atoms with E-state index in [9.17, 15) is 14.4 Å². The molecular formula is C19H25N3O4. The molecule has 7 heteroatoms. The molecule has 0 spiro atoms. The SMILES string of the molecule is CC(C)c1ccc(N2CC(C(=O)NCCN3CCOC3=O)CC2=O)cc1. The molecule has 26 heavy (non-hydrogen) atoms. The molecule has 0 radical (unpaired) electrons. The molecule has 2 fully saturated rings. The van der Waals surface area contributed by atoms with Crippen molar-refractivity contribution in [2.45, 2.75) is 26.2 Å². The Balaban J connectivity index is 1.51. The summed E-state index contributed by atoms with van der Waals surface area (Å²) in [5, 5.41) is 2.82. The number of anilines is 1. The molecule has 2 aliphatic heterocycles. The Bertz CT molecular complexity index is 687. The van der Waals surface area contributed by atoms with Crippen molar-refractivity contribution in [1.82, 2.24) is 10.2 Å². The number of rotatable bonds is 6. The van der Waals surface area contributed by atoms with Crippen molar-refractivity contribution in [2.24, 2.45) is 5.92 Å². The number of amides is 3. The lowest BCUT2D eigenvalue weighted by atomic mass is 10.0. The second kappa shape index (κ2) is 7.76. The second-order valence-corrected chi connectivity index (χ2v) is 7.04. The van der Waals surface area contributed by atoms with Gasteiger partial charge in [0.15, 0.2) is 0 Å². The molecule has 1 atom stereocenters. The van der Waals surface area contributed by atoms with Gasteiger partial charge in [-0.3, -0.25) is 9.59 Å². The fourth-order valence-corrected chi connectivity index (χ4v) is 3.26. The van der Waals surface area contributed by atoms with Crippen LogP contribution in [0.2, 0.25) is 0 Å². The van der Waals surface area contributed by atoms with E-state index in [-0.39, 0.29) is 30.2 Å². The molecular weight excluding hydrogens is 334 g/mol. The van der Waals surface area contributed by atoms with E-state index in [1.807, 2.05) is 24.3 Å². The molecule has 3 rings (SSSR count). The number of cyclic esters (lactones) is 1. The van der Waals surface area contributed by atoms with Crippen LogP contribution in [0.5, 0.6) is 0 Å². The van der Waals surface area contributed by atoms with E-state index >= 15 is 0 Å². The molecule has 3 amide bonds. The predicted molar refractivity (Wildman–Crippen MR) is 96.9 cm³/mol. The number of nitrogens with zero attached hydrogens (tertiary/aromatic N) is 2. The summed E-state index contributed by atoms with van der Waals surface area (Å²) in [7, 11) is 0. The highest BCUT2D eigenvalue weighted by molar-refractivity contribution is 6.00. The standard InChI is InChI=1S/C19H25N3O4/c1-13(2)14-3-5-16(6-4-14)22-12-15(11-17(22)23)18(24)20-7-8-21-9-10-26-19(21)25/h3-6,13,15H,7-12H2,1-2H3,(H,20,24). The van der Waals surface area contributed by atoms with Crippen LogP contribution in [0.15, 0.2) is 24.3 Å². The lowest BCUT2D eigenvalue weighted by molar-refractivity contribution is -0.126. The van der Waals surface area contributed by atoms with E-state index in [0.29, 0.717) is 38.7 Å². The Labute approximate surface area is 153 Å². The van der Waals surface area contributed by atoms with E-state index in [2.05, 4.69) is 19.2 Å². The molecule has 0 bridgehead atoms. The van der Waals surface area contributed by atoms with Crippen LogP contribution in [0.1, 0.15) is 31.7 Å². The third kappa shape index (κ3) is 3.98. The summed E-state index contributed by atoms with van der Waals surface area (Å²) >= 11 is 0. The van der Waals surface area contributed by atoms with Crippen molar-refractivity contribution < 1.29 is 19.1 Å². The quantitative estimate of drug-likeness (QED) is 0.839. The van der Waals surface area contributed by atoms with E-state index in [1.165, 1.54) is 5.56 Å². The number of nitrogens with one attached hydrogen (secondary N) is 1. The Morgan fingerprint density at radius 3 is 2.62 bits per heavy atom. The lowest BCUT2D eigenvalue weighted by Gasteiger charge is -2.18. The van der Waals surface area contributed by atoms with Crippen LogP contribution in [-0.2, 0) is 14.3 Å². The van der Waals surface area contributed by atoms with Crippen molar-refractivity contribution in [3.05, 3.63) is 29.8 Å². The lowest BCUT2D eigenvalue weighted by Crippen LogP contribution is -2.38. The molecule has 2 saturated heterocycles.